The number of hydrogen-bond donors (Lipinski definition) is 2. The van der Waals surface area contributed by atoms with Crippen LogP contribution in [0.1, 0.15) is 30.5 Å². The van der Waals surface area contributed by atoms with Gasteiger partial charge in [-0.05, 0) is 55.2 Å². The number of amides is 3. The van der Waals surface area contributed by atoms with Gasteiger partial charge in [0.05, 0.1) is 12.0 Å². The second-order valence-electron chi connectivity index (χ2n) is 7.81. The quantitative estimate of drug-likeness (QED) is 0.606. The van der Waals surface area contributed by atoms with Gasteiger partial charge in [0.15, 0.2) is 17.5 Å². The van der Waals surface area contributed by atoms with Crippen LogP contribution in [0, 0.1) is 5.92 Å². The predicted molar refractivity (Wildman–Crippen MR) is 111 cm³/mol. The number of hydrogen-bond acceptors (Lipinski definition) is 5. The van der Waals surface area contributed by atoms with Crippen LogP contribution in [0.25, 0.3) is 0 Å². The van der Waals surface area contributed by atoms with Gasteiger partial charge in [-0.25, -0.2) is 14.5 Å². The fourth-order valence-electron chi connectivity index (χ4n) is 3.93. The van der Waals surface area contributed by atoms with Gasteiger partial charge >= 0.3 is 18.3 Å². The molecule has 8 nitrogen and oxygen atoms in total. The van der Waals surface area contributed by atoms with Gasteiger partial charge < -0.3 is 19.9 Å². The smallest absolute Gasteiger partial charge is 0.480 e. The third-order valence-electron chi connectivity index (χ3n) is 5.58. The third-order valence-corrected chi connectivity index (χ3v) is 5.82. The SMILES string of the molecule is CC(NC(=O)N1C(=O)C(CCc2cccc(Cl)c2)C1C(=O)O)c1ccc2c(c1)OC(F)(F)O2. The van der Waals surface area contributed by atoms with Crippen LogP contribution >= 0.6 is 11.6 Å². The summed E-state index contributed by atoms with van der Waals surface area (Å²) in [5.74, 6) is -3.08. The van der Waals surface area contributed by atoms with Crippen molar-refractivity contribution in [1.82, 2.24) is 10.2 Å². The normalized spacial score (nSPS) is 21.3. The molecule has 0 radical (unpaired) electrons. The van der Waals surface area contributed by atoms with Crippen LogP contribution in [0.15, 0.2) is 42.5 Å². The lowest BCUT2D eigenvalue weighted by Crippen LogP contribution is -2.68. The van der Waals surface area contributed by atoms with Crippen molar-refractivity contribution in [2.24, 2.45) is 5.92 Å². The molecule has 0 saturated carbocycles. The van der Waals surface area contributed by atoms with Crippen LogP contribution in [0.5, 0.6) is 11.5 Å². The number of aryl methyl sites for hydroxylation is 1. The number of likely N-dealkylation sites (tertiary alicyclic amines) is 1. The minimum atomic E-state index is -3.77. The molecule has 11 heteroatoms. The minimum absolute atomic E-state index is 0.145. The molecule has 0 spiro atoms. The van der Waals surface area contributed by atoms with E-state index in [-0.39, 0.29) is 17.9 Å². The molecule has 4 rings (SSSR count). The largest absolute Gasteiger partial charge is 0.586 e. The number of halogens is 3. The van der Waals surface area contributed by atoms with Crippen LogP contribution in [-0.2, 0) is 16.0 Å². The van der Waals surface area contributed by atoms with E-state index < -0.39 is 42.2 Å². The van der Waals surface area contributed by atoms with E-state index in [9.17, 15) is 28.3 Å². The average Bonchev–Trinajstić information content (AvgIpc) is 3.04. The zero-order chi connectivity index (χ0) is 23.9. The minimum Gasteiger partial charge on any atom is -0.480 e. The molecule has 2 aromatic rings. The maximum atomic E-state index is 13.2. The number of carboxylic acids is 1. The number of fused-ring (bicyclic) bond motifs is 1. The number of nitrogens with one attached hydrogen (secondary N) is 1. The topological polar surface area (TPSA) is 105 Å². The molecule has 33 heavy (non-hydrogen) atoms. The third kappa shape index (κ3) is 4.56. The molecule has 3 amide bonds. The Morgan fingerprint density at radius 2 is 1.94 bits per heavy atom. The molecule has 2 aromatic carbocycles. The highest BCUT2D eigenvalue weighted by Gasteiger charge is 2.54. The number of rotatable bonds is 6. The second-order valence-corrected chi connectivity index (χ2v) is 8.25. The monoisotopic (exact) mass is 480 g/mol. The molecule has 2 aliphatic heterocycles. The Morgan fingerprint density at radius 3 is 2.64 bits per heavy atom. The molecule has 0 aliphatic carbocycles. The van der Waals surface area contributed by atoms with E-state index in [1.165, 1.54) is 18.2 Å². The number of aliphatic carboxylic acids is 1. The number of nitrogens with zero attached hydrogens (tertiary/aromatic N) is 1. The first kappa shape index (κ1) is 22.8. The summed E-state index contributed by atoms with van der Waals surface area (Å²) in [6, 6.07) is 8.10. The number of imide groups is 1. The van der Waals surface area contributed by atoms with Crippen LogP contribution in [-0.4, -0.2) is 40.3 Å². The summed E-state index contributed by atoms with van der Waals surface area (Å²) in [6.45, 7) is 1.56. The van der Waals surface area contributed by atoms with Gasteiger partial charge in [-0.15, -0.1) is 8.78 Å². The standard InChI is InChI=1S/C22H19ClF2N2O6/c1-11(13-6-8-16-17(10-13)33-22(24,25)32-16)26-21(31)27-18(20(29)30)15(19(27)28)7-5-12-3-2-4-14(23)9-12/h2-4,6,8-11,15,18H,5,7H2,1H3,(H,26,31)(H,29,30). The van der Waals surface area contributed by atoms with Gasteiger partial charge in [0.25, 0.3) is 0 Å². The van der Waals surface area contributed by atoms with Gasteiger partial charge in [0, 0.05) is 5.02 Å². The number of β-lactam (4-membered cyclic amide) rings is 1. The van der Waals surface area contributed by atoms with E-state index in [1.807, 2.05) is 6.07 Å². The van der Waals surface area contributed by atoms with Crippen LogP contribution < -0.4 is 14.8 Å². The Hall–Kier alpha value is -3.40. The fraction of sp³-hybridized carbons (Fsp3) is 0.318. The molecule has 2 N–H and O–H groups in total. The van der Waals surface area contributed by atoms with E-state index in [1.54, 1.807) is 25.1 Å². The lowest BCUT2D eigenvalue weighted by molar-refractivity contribution is -0.286. The summed E-state index contributed by atoms with van der Waals surface area (Å²) >= 11 is 5.95. The zero-order valence-corrected chi connectivity index (χ0v) is 18.0. The van der Waals surface area contributed by atoms with Crippen LogP contribution in [0.2, 0.25) is 5.02 Å². The molecule has 1 saturated heterocycles. The summed E-state index contributed by atoms with van der Waals surface area (Å²) in [5, 5.41) is 12.7. The summed E-state index contributed by atoms with van der Waals surface area (Å²) in [6.07, 6.45) is -3.10. The highest BCUT2D eigenvalue weighted by molar-refractivity contribution is 6.30. The number of alkyl halides is 2. The van der Waals surface area contributed by atoms with E-state index in [4.69, 9.17) is 11.6 Å². The van der Waals surface area contributed by atoms with Crippen molar-refractivity contribution in [3.05, 3.63) is 58.6 Å². The summed E-state index contributed by atoms with van der Waals surface area (Å²) in [7, 11) is 0. The predicted octanol–water partition coefficient (Wildman–Crippen LogP) is 3.98. The van der Waals surface area contributed by atoms with Crippen molar-refractivity contribution in [1.29, 1.82) is 0 Å². The van der Waals surface area contributed by atoms with Crippen molar-refractivity contribution in [3.8, 4) is 11.5 Å². The second kappa shape index (κ2) is 8.51. The summed E-state index contributed by atoms with van der Waals surface area (Å²) in [5.41, 5.74) is 1.25. The van der Waals surface area contributed by atoms with Crippen molar-refractivity contribution in [3.63, 3.8) is 0 Å². The number of ether oxygens (including phenoxy) is 2. The van der Waals surface area contributed by atoms with E-state index in [0.717, 1.165) is 5.56 Å². The Labute approximate surface area is 192 Å². The molecular weight excluding hydrogens is 462 g/mol. The first-order valence-corrected chi connectivity index (χ1v) is 10.4. The Kier molecular flexibility index (Phi) is 5.87. The first-order chi connectivity index (χ1) is 15.6. The van der Waals surface area contributed by atoms with Gasteiger partial charge in [-0.2, -0.15) is 0 Å². The maximum Gasteiger partial charge on any atom is 0.586 e. The van der Waals surface area contributed by atoms with E-state index >= 15 is 0 Å². The van der Waals surface area contributed by atoms with Crippen molar-refractivity contribution >= 4 is 29.5 Å². The van der Waals surface area contributed by atoms with Crippen molar-refractivity contribution < 1.29 is 37.7 Å². The Bertz CT molecular complexity index is 1130. The molecule has 2 heterocycles. The lowest BCUT2D eigenvalue weighted by atomic mass is 9.83. The van der Waals surface area contributed by atoms with E-state index in [0.29, 0.717) is 21.9 Å². The Morgan fingerprint density at radius 1 is 1.21 bits per heavy atom. The Balaban J connectivity index is 1.40. The van der Waals surface area contributed by atoms with Crippen molar-refractivity contribution in [2.45, 2.75) is 38.1 Å². The van der Waals surface area contributed by atoms with Gasteiger partial charge in [-0.1, -0.05) is 29.8 Å². The maximum absolute atomic E-state index is 13.2. The zero-order valence-electron chi connectivity index (χ0n) is 17.3. The van der Waals surface area contributed by atoms with Crippen LogP contribution in [0.3, 0.4) is 0 Å². The summed E-state index contributed by atoms with van der Waals surface area (Å²) in [4.78, 5) is 37.7. The van der Waals surface area contributed by atoms with E-state index in [2.05, 4.69) is 14.8 Å². The molecular formula is C22H19ClF2N2O6. The molecule has 0 aromatic heterocycles. The highest BCUT2D eigenvalue weighted by Crippen LogP contribution is 2.42. The molecule has 174 valence electrons. The molecule has 3 atom stereocenters. The lowest BCUT2D eigenvalue weighted by Gasteiger charge is -2.43. The number of benzene rings is 2. The summed E-state index contributed by atoms with van der Waals surface area (Å²) < 4.78 is 35.2. The van der Waals surface area contributed by atoms with Crippen molar-refractivity contribution in [2.75, 3.05) is 0 Å². The highest BCUT2D eigenvalue weighted by atomic mass is 35.5. The van der Waals surface area contributed by atoms with Crippen LogP contribution in [0.4, 0.5) is 13.6 Å². The number of carboxylic acid groups (broad SMARTS) is 1. The number of urea groups is 1. The van der Waals surface area contributed by atoms with Gasteiger partial charge in [0.1, 0.15) is 0 Å². The number of carbonyl (C=O) groups is 3. The molecule has 0 bridgehead atoms. The fourth-order valence-corrected chi connectivity index (χ4v) is 4.14. The molecule has 3 unspecified atom stereocenters. The van der Waals surface area contributed by atoms with Gasteiger partial charge in [-0.3, -0.25) is 4.79 Å². The van der Waals surface area contributed by atoms with Gasteiger partial charge in [0.2, 0.25) is 5.91 Å². The average molecular weight is 481 g/mol. The molecule has 2 aliphatic rings. The first-order valence-electron chi connectivity index (χ1n) is 10.1. The molecule has 1 fully saturated rings. The number of carbonyl (C=O) groups excluding carboxylic acids is 2.